The molecule has 0 N–H and O–H groups in total. The monoisotopic (exact) mass is 368 g/mol. The van der Waals surface area contributed by atoms with Crippen LogP contribution in [0.5, 0.6) is 0 Å². The van der Waals surface area contributed by atoms with Gasteiger partial charge in [-0.25, -0.2) is 12.7 Å². The highest BCUT2D eigenvalue weighted by Crippen LogP contribution is 2.21. The summed E-state index contributed by atoms with van der Waals surface area (Å²) in [5.74, 6) is -1.14. The molecular formula is C17H24N2O5S. The van der Waals surface area contributed by atoms with Gasteiger partial charge in [-0.2, -0.15) is 0 Å². The summed E-state index contributed by atoms with van der Waals surface area (Å²) in [5, 5.41) is 0. The molecule has 0 aliphatic carbocycles. The van der Waals surface area contributed by atoms with Crippen LogP contribution in [0.1, 0.15) is 19.8 Å². The summed E-state index contributed by atoms with van der Waals surface area (Å²) in [5.41, 5.74) is 0.719. The van der Waals surface area contributed by atoms with E-state index in [0.29, 0.717) is 25.9 Å². The summed E-state index contributed by atoms with van der Waals surface area (Å²) in [6.45, 7) is 2.14. The van der Waals surface area contributed by atoms with Crippen LogP contribution in [0.4, 0.5) is 5.69 Å². The standard InChI is InChI=1S/C17H24N2O5S/c1-13(16(20)18(2)15-7-5-4-6-8-15)24-17(21)14-9-11-19(12-10-14)25(3,22)23/h4-8,13-14H,9-12H2,1-3H3/t13-/m0/s1. The fourth-order valence-corrected chi connectivity index (χ4v) is 3.67. The van der Waals surface area contributed by atoms with Gasteiger partial charge in [-0.1, -0.05) is 18.2 Å². The lowest BCUT2D eigenvalue weighted by molar-refractivity contribution is -0.159. The van der Waals surface area contributed by atoms with E-state index >= 15 is 0 Å². The third-order valence-corrected chi connectivity index (χ3v) is 5.67. The lowest BCUT2D eigenvalue weighted by atomic mass is 9.98. The third-order valence-electron chi connectivity index (χ3n) is 4.37. The molecule has 138 valence electrons. The van der Waals surface area contributed by atoms with Gasteiger partial charge in [-0.3, -0.25) is 9.59 Å². The van der Waals surface area contributed by atoms with E-state index in [1.807, 2.05) is 18.2 Å². The highest BCUT2D eigenvalue weighted by atomic mass is 32.2. The number of nitrogens with zero attached hydrogens (tertiary/aromatic N) is 2. The van der Waals surface area contributed by atoms with Crippen molar-refractivity contribution in [3.05, 3.63) is 30.3 Å². The Balaban J connectivity index is 1.89. The van der Waals surface area contributed by atoms with Crippen molar-refractivity contribution in [2.24, 2.45) is 5.92 Å². The van der Waals surface area contributed by atoms with Crippen molar-refractivity contribution < 1.29 is 22.7 Å². The minimum atomic E-state index is -3.23. The third kappa shape index (κ3) is 5.02. The van der Waals surface area contributed by atoms with Crippen molar-refractivity contribution in [3.8, 4) is 0 Å². The van der Waals surface area contributed by atoms with Gasteiger partial charge in [0.15, 0.2) is 6.10 Å². The lowest BCUT2D eigenvalue weighted by Crippen LogP contribution is -2.42. The molecule has 1 aliphatic rings. The van der Waals surface area contributed by atoms with Crippen LogP contribution >= 0.6 is 0 Å². The number of hydrogen-bond donors (Lipinski definition) is 0. The first-order valence-corrected chi connectivity index (χ1v) is 10.0. The Morgan fingerprint density at radius 1 is 1.20 bits per heavy atom. The van der Waals surface area contributed by atoms with Crippen LogP contribution < -0.4 is 4.90 Å². The molecule has 0 bridgehead atoms. The number of para-hydroxylation sites is 1. The van der Waals surface area contributed by atoms with Gasteiger partial charge in [0.1, 0.15) is 0 Å². The number of carbonyl (C=O) groups is 2. The summed E-state index contributed by atoms with van der Waals surface area (Å²) >= 11 is 0. The molecule has 1 aromatic carbocycles. The highest BCUT2D eigenvalue weighted by Gasteiger charge is 2.32. The molecule has 0 unspecified atom stereocenters. The van der Waals surface area contributed by atoms with Crippen molar-refractivity contribution in [3.63, 3.8) is 0 Å². The van der Waals surface area contributed by atoms with Crippen LogP contribution in [0, 0.1) is 5.92 Å². The molecule has 0 saturated carbocycles. The van der Waals surface area contributed by atoms with Crippen molar-refractivity contribution in [1.82, 2.24) is 4.31 Å². The highest BCUT2D eigenvalue weighted by molar-refractivity contribution is 7.88. The fourth-order valence-electron chi connectivity index (χ4n) is 2.80. The number of carbonyl (C=O) groups excluding carboxylic acids is 2. The second-order valence-electron chi connectivity index (χ2n) is 6.25. The van der Waals surface area contributed by atoms with Gasteiger partial charge < -0.3 is 9.64 Å². The zero-order chi connectivity index (χ0) is 18.6. The van der Waals surface area contributed by atoms with Gasteiger partial charge in [0.05, 0.1) is 12.2 Å². The quantitative estimate of drug-likeness (QED) is 0.731. The maximum Gasteiger partial charge on any atom is 0.309 e. The topological polar surface area (TPSA) is 84.0 Å². The van der Waals surface area contributed by atoms with Crippen LogP contribution in [0.25, 0.3) is 0 Å². The molecule has 25 heavy (non-hydrogen) atoms. The van der Waals surface area contributed by atoms with Crippen molar-refractivity contribution in [2.45, 2.75) is 25.9 Å². The number of amides is 1. The Hall–Kier alpha value is -1.93. The first kappa shape index (κ1) is 19.4. The number of esters is 1. The van der Waals surface area contributed by atoms with E-state index in [1.165, 1.54) is 9.21 Å². The average Bonchev–Trinajstić information content (AvgIpc) is 2.60. The average molecular weight is 368 g/mol. The predicted molar refractivity (Wildman–Crippen MR) is 94.5 cm³/mol. The predicted octanol–water partition coefficient (Wildman–Crippen LogP) is 1.25. The SMILES string of the molecule is C[C@H](OC(=O)C1CCN(S(C)(=O)=O)CC1)C(=O)N(C)c1ccccc1. The van der Waals surface area contributed by atoms with Crippen molar-refractivity contribution in [1.29, 1.82) is 0 Å². The molecule has 1 aromatic rings. The zero-order valence-electron chi connectivity index (χ0n) is 14.7. The summed E-state index contributed by atoms with van der Waals surface area (Å²) in [6.07, 6.45) is 1.07. The largest absolute Gasteiger partial charge is 0.452 e. The van der Waals surface area contributed by atoms with Crippen LogP contribution in [-0.2, 0) is 24.3 Å². The van der Waals surface area contributed by atoms with E-state index in [1.54, 1.807) is 26.1 Å². The van der Waals surface area contributed by atoms with Gasteiger partial charge in [-0.05, 0) is 31.9 Å². The Bertz CT molecular complexity index is 712. The molecule has 7 nitrogen and oxygen atoms in total. The number of ether oxygens (including phenoxy) is 1. The Kier molecular flexibility index (Phi) is 6.18. The minimum absolute atomic E-state index is 0.296. The van der Waals surface area contributed by atoms with E-state index in [9.17, 15) is 18.0 Å². The van der Waals surface area contributed by atoms with E-state index in [4.69, 9.17) is 4.74 Å². The summed E-state index contributed by atoms with van der Waals surface area (Å²) in [6, 6.07) is 9.10. The minimum Gasteiger partial charge on any atom is -0.452 e. The molecule has 0 radical (unpaired) electrons. The second kappa shape index (κ2) is 7.97. The van der Waals surface area contributed by atoms with Crippen LogP contribution in [0.15, 0.2) is 30.3 Å². The van der Waals surface area contributed by atoms with Gasteiger partial charge in [-0.15, -0.1) is 0 Å². The molecule has 8 heteroatoms. The lowest BCUT2D eigenvalue weighted by Gasteiger charge is -2.30. The van der Waals surface area contributed by atoms with Crippen molar-refractivity contribution >= 4 is 27.6 Å². The van der Waals surface area contributed by atoms with Crippen LogP contribution in [0.3, 0.4) is 0 Å². The second-order valence-corrected chi connectivity index (χ2v) is 8.23. The van der Waals surface area contributed by atoms with Gasteiger partial charge in [0.25, 0.3) is 5.91 Å². The van der Waals surface area contributed by atoms with Gasteiger partial charge in [0, 0.05) is 25.8 Å². The van der Waals surface area contributed by atoms with Crippen LogP contribution in [0.2, 0.25) is 0 Å². The molecule has 2 rings (SSSR count). The normalized spacial score (nSPS) is 17.7. The number of likely N-dealkylation sites (N-methyl/N-ethyl adjacent to an activating group) is 1. The van der Waals surface area contributed by atoms with Gasteiger partial charge >= 0.3 is 5.97 Å². The molecule has 1 aliphatic heterocycles. The number of rotatable bonds is 5. The molecule has 0 aromatic heterocycles. The molecule has 0 spiro atoms. The van der Waals surface area contributed by atoms with Crippen LogP contribution in [-0.4, -0.2) is 57.1 Å². The summed E-state index contributed by atoms with van der Waals surface area (Å²) in [7, 11) is -1.60. The molecule has 1 atom stereocenters. The van der Waals surface area contributed by atoms with E-state index in [2.05, 4.69) is 0 Å². The molecular weight excluding hydrogens is 344 g/mol. The van der Waals surface area contributed by atoms with E-state index in [0.717, 1.165) is 11.9 Å². The fraction of sp³-hybridized carbons (Fsp3) is 0.529. The van der Waals surface area contributed by atoms with Gasteiger partial charge in [0.2, 0.25) is 10.0 Å². The van der Waals surface area contributed by atoms with E-state index < -0.39 is 22.1 Å². The smallest absolute Gasteiger partial charge is 0.309 e. The van der Waals surface area contributed by atoms with E-state index in [-0.39, 0.29) is 11.8 Å². The summed E-state index contributed by atoms with van der Waals surface area (Å²) in [4.78, 5) is 26.1. The Morgan fingerprint density at radius 2 is 1.76 bits per heavy atom. The zero-order valence-corrected chi connectivity index (χ0v) is 15.5. The molecule has 1 saturated heterocycles. The number of sulfonamides is 1. The Labute approximate surface area is 148 Å². The molecule has 1 amide bonds. The first-order chi connectivity index (χ1) is 11.7. The van der Waals surface area contributed by atoms with Crippen molar-refractivity contribution in [2.75, 3.05) is 31.3 Å². The molecule has 1 heterocycles. The number of benzene rings is 1. The number of piperidine rings is 1. The summed E-state index contributed by atoms with van der Waals surface area (Å²) < 4.78 is 29.7. The maximum atomic E-state index is 12.4. The first-order valence-electron chi connectivity index (χ1n) is 8.18. The maximum absolute atomic E-state index is 12.4. The number of hydrogen-bond acceptors (Lipinski definition) is 5. The Morgan fingerprint density at radius 3 is 2.28 bits per heavy atom. The molecule has 1 fully saturated rings. The number of anilines is 1.